The van der Waals surface area contributed by atoms with E-state index in [1.807, 2.05) is 17.5 Å². The highest BCUT2D eigenvalue weighted by molar-refractivity contribution is 7.12. The van der Waals surface area contributed by atoms with Crippen LogP contribution in [0, 0.1) is 0 Å². The number of thiophene rings is 1. The molecule has 0 bridgehead atoms. The van der Waals surface area contributed by atoms with Crippen LogP contribution < -0.4 is 5.32 Å². The van der Waals surface area contributed by atoms with Crippen molar-refractivity contribution in [1.82, 2.24) is 10.3 Å². The van der Waals surface area contributed by atoms with Crippen molar-refractivity contribution in [2.75, 3.05) is 7.05 Å². The van der Waals surface area contributed by atoms with E-state index >= 15 is 0 Å². The summed E-state index contributed by atoms with van der Waals surface area (Å²) in [5.41, 5.74) is -0.756. The Morgan fingerprint density at radius 2 is 2.17 bits per heavy atom. The summed E-state index contributed by atoms with van der Waals surface area (Å²) in [5, 5.41) is 5.16. The van der Waals surface area contributed by atoms with E-state index in [9.17, 15) is 13.2 Å². The number of rotatable bonds is 4. The van der Waals surface area contributed by atoms with Crippen LogP contribution in [0.3, 0.4) is 0 Å². The fraction of sp³-hybridized carbons (Fsp3) is 0.364. The maximum atomic E-state index is 12.8. The molecular formula is C11H11F3N2S2. The molecule has 2 nitrogen and oxygen atoms in total. The fourth-order valence-electron chi connectivity index (χ4n) is 1.54. The van der Waals surface area contributed by atoms with Crippen LogP contribution >= 0.6 is 22.7 Å². The molecule has 0 aliphatic rings. The lowest BCUT2D eigenvalue weighted by molar-refractivity contribution is -0.141. The molecule has 0 saturated heterocycles. The first-order valence-corrected chi connectivity index (χ1v) is 6.93. The number of nitrogens with zero attached hydrogens (tertiary/aromatic N) is 1. The average Bonchev–Trinajstić information content (AvgIpc) is 2.88. The van der Waals surface area contributed by atoms with E-state index < -0.39 is 11.9 Å². The molecule has 0 aliphatic heterocycles. The van der Waals surface area contributed by atoms with Gasteiger partial charge in [-0.25, -0.2) is 4.98 Å². The largest absolute Gasteiger partial charge is 0.434 e. The van der Waals surface area contributed by atoms with Gasteiger partial charge >= 0.3 is 6.18 Å². The van der Waals surface area contributed by atoms with Crippen molar-refractivity contribution >= 4 is 22.7 Å². The zero-order chi connectivity index (χ0) is 13.2. The van der Waals surface area contributed by atoms with Gasteiger partial charge in [-0.3, -0.25) is 0 Å². The molecule has 1 N–H and O–H groups in total. The summed E-state index contributed by atoms with van der Waals surface area (Å²) in [5.74, 6) is 0. The number of alkyl halides is 3. The van der Waals surface area contributed by atoms with Crippen molar-refractivity contribution in [3.63, 3.8) is 0 Å². The van der Waals surface area contributed by atoms with Gasteiger partial charge < -0.3 is 5.32 Å². The predicted octanol–water partition coefficient (Wildman–Crippen LogP) is 3.53. The van der Waals surface area contributed by atoms with Crippen LogP contribution in [0.4, 0.5) is 13.2 Å². The smallest absolute Gasteiger partial charge is 0.315 e. The monoisotopic (exact) mass is 292 g/mol. The van der Waals surface area contributed by atoms with Crippen LogP contribution in [0.1, 0.15) is 20.5 Å². The third kappa shape index (κ3) is 3.09. The van der Waals surface area contributed by atoms with E-state index in [0.29, 0.717) is 11.4 Å². The summed E-state index contributed by atoms with van der Waals surface area (Å²) in [7, 11) is 1.62. The number of hydrogen-bond acceptors (Lipinski definition) is 4. The lowest BCUT2D eigenvalue weighted by Gasteiger charge is -2.04. The number of halogens is 3. The summed E-state index contributed by atoms with van der Waals surface area (Å²) in [6.45, 7) is 0.191. The highest BCUT2D eigenvalue weighted by Crippen LogP contribution is 2.35. The molecule has 18 heavy (non-hydrogen) atoms. The minimum Gasteiger partial charge on any atom is -0.315 e. The van der Waals surface area contributed by atoms with Gasteiger partial charge in [0.1, 0.15) is 0 Å². The first-order valence-electron chi connectivity index (χ1n) is 5.23. The Balaban J connectivity index is 2.27. The number of nitrogens with one attached hydrogen (secondary N) is 1. The molecule has 0 unspecified atom stereocenters. The molecule has 0 fully saturated rings. The number of hydrogen-bond donors (Lipinski definition) is 1. The van der Waals surface area contributed by atoms with Crippen LogP contribution in [0.2, 0.25) is 0 Å². The van der Waals surface area contributed by atoms with Gasteiger partial charge in [0.25, 0.3) is 0 Å². The van der Waals surface area contributed by atoms with Crippen molar-refractivity contribution in [2.24, 2.45) is 0 Å². The molecule has 7 heteroatoms. The number of aromatic nitrogens is 1. The Morgan fingerprint density at radius 3 is 2.72 bits per heavy atom. The second-order valence-corrected chi connectivity index (χ2v) is 5.86. The van der Waals surface area contributed by atoms with Crippen molar-refractivity contribution in [2.45, 2.75) is 19.1 Å². The molecule has 2 rings (SSSR count). The van der Waals surface area contributed by atoms with Crippen LogP contribution in [0.5, 0.6) is 0 Å². The Morgan fingerprint density at radius 1 is 1.39 bits per heavy atom. The minimum absolute atomic E-state index is 0.191. The molecule has 0 saturated carbocycles. The van der Waals surface area contributed by atoms with Gasteiger partial charge in [0.05, 0.1) is 9.88 Å². The molecular weight excluding hydrogens is 281 g/mol. The maximum Gasteiger partial charge on any atom is 0.434 e. The maximum absolute atomic E-state index is 12.8. The van der Waals surface area contributed by atoms with Crippen molar-refractivity contribution in [3.05, 3.63) is 38.0 Å². The zero-order valence-corrected chi connectivity index (χ0v) is 11.2. The molecule has 0 radical (unpaired) electrons. The summed E-state index contributed by atoms with van der Waals surface area (Å²) in [4.78, 5) is 5.00. The number of thiazole rings is 1. The second kappa shape index (κ2) is 5.38. The second-order valence-electron chi connectivity index (χ2n) is 3.66. The summed E-state index contributed by atoms with van der Waals surface area (Å²) in [6, 6.07) is 3.78. The summed E-state index contributed by atoms with van der Waals surface area (Å²) in [6.07, 6.45) is -3.91. The molecule has 98 valence electrons. The Kier molecular flexibility index (Phi) is 4.04. The van der Waals surface area contributed by atoms with Crippen LogP contribution in [0.15, 0.2) is 17.5 Å². The van der Waals surface area contributed by atoms with E-state index in [2.05, 4.69) is 10.3 Å². The molecule has 0 atom stereocenters. The van der Waals surface area contributed by atoms with E-state index in [-0.39, 0.29) is 11.4 Å². The third-order valence-electron chi connectivity index (χ3n) is 2.25. The van der Waals surface area contributed by atoms with Crippen molar-refractivity contribution in [1.29, 1.82) is 0 Å². The van der Waals surface area contributed by atoms with Gasteiger partial charge in [0, 0.05) is 17.8 Å². The molecule has 2 aromatic rings. The topological polar surface area (TPSA) is 24.9 Å². The Bertz CT molecular complexity index is 503. The van der Waals surface area contributed by atoms with Crippen molar-refractivity contribution < 1.29 is 13.2 Å². The van der Waals surface area contributed by atoms with Crippen molar-refractivity contribution in [3.8, 4) is 0 Å². The van der Waals surface area contributed by atoms with Gasteiger partial charge in [-0.2, -0.15) is 13.2 Å². The van der Waals surface area contributed by atoms with Gasteiger partial charge in [-0.05, 0) is 18.5 Å². The van der Waals surface area contributed by atoms with Crippen LogP contribution in [-0.4, -0.2) is 12.0 Å². The highest BCUT2D eigenvalue weighted by Gasteiger charge is 2.37. The first-order chi connectivity index (χ1) is 8.50. The Labute approximate surface area is 110 Å². The van der Waals surface area contributed by atoms with Crippen LogP contribution in [-0.2, 0) is 19.1 Å². The lowest BCUT2D eigenvalue weighted by Crippen LogP contribution is -2.12. The molecule has 0 aromatic carbocycles. The zero-order valence-electron chi connectivity index (χ0n) is 9.54. The van der Waals surface area contributed by atoms with Gasteiger partial charge in [0.2, 0.25) is 0 Å². The molecule has 0 amide bonds. The lowest BCUT2D eigenvalue weighted by atomic mass is 10.3. The SMILES string of the molecule is CNCc1sc(Cc2cccs2)nc1C(F)(F)F. The van der Waals surface area contributed by atoms with Crippen LogP contribution in [0.25, 0.3) is 0 Å². The molecule has 2 aromatic heterocycles. The first kappa shape index (κ1) is 13.5. The fourth-order valence-corrected chi connectivity index (χ4v) is 3.46. The third-order valence-corrected chi connectivity index (χ3v) is 4.18. The van der Waals surface area contributed by atoms with E-state index in [1.165, 1.54) is 11.3 Å². The normalized spacial score (nSPS) is 12.0. The molecule has 2 heterocycles. The average molecular weight is 292 g/mol. The van der Waals surface area contributed by atoms with E-state index in [1.54, 1.807) is 7.05 Å². The minimum atomic E-state index is -4.38. The molecule has 0 aliphatic carbocycles. The predicted molar refractivity (Wildman–Crippen MR) is 67.0 cm³/mol. The standard InChI is InChI=1S/C11H11F3N2S2/c1-15-6-8-10(11(12,13)14)16-9(18-8)5-7-3-2-4-17-7/h2-4,15H,5-6H2,1H3. The molecule has 0 spiro atoms. The quantitative estimate of drug-likeness (QED) is 0.932. The van der Waals surface area contributed by atoms with Gasteiger partial charge in [-0.15, -0.1) is 22.7 Å². The van der Waals surface area contributed by atoms with E-state index in [0.717, 1.165) is 16.2 Å². The summed E-state index contributed by atoms with van der Waals surface area (Å²) >= 11 is 2.65. The van der Waals surface area contributed by atoms with Gasteiger partial charge in [0.15, 0.2) is 5.69 Å². The Hall–Kier alpha value is -0.920. The van der Waals surface area contributed by atoms with E-state index in [4.69, 9.17) is 0 Å². The van der Waals surface area contributed by atoms with Gasteiger partial charge in [-0.1, -0.05) is 6.07 Å². The summed E-state index contributed by atoms with van der Waals surface area (Å²) < 4.78 is 38.3. The highest BCUT2D eigenvalue weighted by atomic mass is 32.1.